The summed E-state index contributed by atoms with van der Waals surface area (Å²) in [5.74, 6) is -0.141. The zero-order valence-electron chi connectivity index (χ0n) is 16.0. The number of pyridine rings is 1. The Morgan fingerprint density at radius 2 is 2.00 bits per heavy atom. The molecule has 0 spiro atoms. The molecule has 0 radical (unpaired) electrons. The van der Waals surface area contributed by atoms with Gasteiger partial charge in [0.1, 0.15) is 11.2 Å². The summed E-state index contributed by atoms with van der Waals surface area (Å²) < 4.78 is 1.73. The molecule has 1 unspecified atom stereocenters. The number of benzene rings is 1. The van der Waals surface area contributed by atoms with Crippen molar-refractivity contribution < 1.29 is 4.79 Å². The van der Waals surface area contributed by atoms with E-state index in [0.717, 1.165) is 46.5 Å². The van der Waals surface area contributed by atoms with Crippen molar-refractivity contribution >= 4 is 33.8 Å². The average molecular weight is 383 g/mol. The number of carbonyl (C=O) groups excluding carboxylic acids is 1. The van der Waals surface area contributed by atoms with Crippen LogP contribution in [0.15, 0.2) is 65.8 Å². The molecule has 2 N–H and O–H groups in total. The number of aryl methyl sites for hydroxylation is 1. The molecule has 2 aliphatic rings. The minimum absolute atomic E-state index is 0.0879. The summed E-state index contributed by atoms with van der Waals surface area (Å²) in [5.41, 5.74) is 12.4. The summed E-state index contributed by atoms with van der Waals surface area (Å²) in [6.45, 7) is 0.275. The van der Waals surface area contributed by atoms with Crippen LogP contribution in [-0.4, -0.2) is 26.3 Å². The third-order valence-electron chi connectivity index (χ3n) is 5.61. The summed E-state index contributed by atoms with van der Waals surface area (Å²) in [4.78, 5) is 22.2. The Morgan fingerprint density at radius 3 is 2.90 bits per heavy atom. The van der Waals surface area contributed by atoms with E-state index in [-0.39, 0.29) is 18.4 Å². The van der Waals surface area contributed by atoms with Gasteiger partial charge in [0, 0.05) is 17.5 Å². The molecule has 29 heavy (non-hydrogen) atoms. The standard InChI is InChI=1S/C23H21N5O/c24-14-28-20-6-3-13-25-23(20)22(27-28)16-7-10-17(21(29)12-9-16)19-11-8-15-4-1-2-5-18(15)26-19/h1-7,9,12-13,17H,8,10-11,14,24H2. The number of hydrogen-bond acceptors (Lipinski definition) is 5. The number of aliphatic imine (C=N–C) groups is 1. The molecule has 3 heterocycles. The highest BCUT2D eigenvalue weighted by Crippen LogP contribution is 2.32. The highest BCUT2D eigenvalue weighted by molar-refractivity contribution is 6.12. The minimum atomic E-state index is -0.229. The summed E-state index contributed by atoms with van der Waals surface area (Å²) in [6, 6.07) is 12.0. The number of nitrogens with two attached hydrogens (primary N) is 1. The van der Waals surface area contributed by atoms with Gasteiger partial charge in [-0.25, -0.2) is 4.68 Å². The molecule has 0 bridgehead atoms. The molecule has 1 aliphatic carbocycles. The van der Waals surface area contributed by atoms with Gasteiger partial charge in [-0.05, 0) is 55.2 Å². The van der Waals surface area contributed by atoms with Crippen molar-refractivity contribution in [3.05, 3.63) is 72.1 Å². The second-order valence-electron chi connectivity index (χ2n) is 7.32. The summed E-state index contributed by atoms with van der Waals surface area (Å²) in [7, 11) is 0. The highest BCUT2D eigenvalue weighted by atomic mass is 16.1. The molecule has 1 atom stereocenters. The average Bonchev–Trinajstić information content (AvgIpc) is 3.03. The number of aromatic nitrogens is 3. The number of nitrogens with zero attached hydrogens (tertiary/aromatic N) is 4. The lowest BCUT2D eigenvalue weighted by Gasteiger charge is -2.20. The molecule has 0 fully saturated rings. The van der Waals surface area contributed by atoms with Crippen LogP contribution in [0.4, 0.5) is 5.69 Å². The van der Waals surface area contributed by atoms with E-state index in [2.05, 4.69) is 22.2 Å². The van der Waals surface area contributed by atoms with Crippen LogP contribution in [0.3, 0.4) is 0 Å². The summed E-state index contributed by atoms with van der Waals surface area (Å²) in [5, 5.41) is 4.63. The van der Waals surface area contributed by atoms with Crippen LogP contribution in [0.5, 0.6) is 0 Å². The first kappa shape index (κ1) is 17.7. The molecule has 2 aromatic heterocycles. The smallest absolute Gasteiger partial charge is 0.164 e. The topological polar surface area (TPSA) is 86.2 Å². The Morgan fingerprint density at radius 1 is 1.10 bits per heavy atom. The van der Waals surface area contributed by atoms with Gasteiger partial charge in [-0.1, -0.05) is 24.3 Å². The monoisotopic (exact) mass is 383 g/mol. The lowest BCUT2D eigenvalue weighted by Crippen LogP contribution is -2.24. The molecule has 1 aliphatic heterocycles. The quantitative estimate of drug-likeness (QED) is 0.749. The fourth-order valence-electron chi connectivity index (χ4n) is 4.09. The van der Waals surface area contributed by atoms with Gasteiger partial charge in [-0.3, -0.25) is 14.8 Å². The van der Waals surface area contributed by atoms with Gasteiger partial charge in [0.25, 0.3) is 0 Å². The van der Waals surface area contributed by atoms with E-state index < -0.39 is 0 Å². The largest absolute Gasteiger partial charge is 0.312 e. The molecule has 3 aromatic rings. The lowest BCUT2D eigenvalue weighted by molar-refractivity contribution is -0.116. The zero-order valence-corrected chi connectivity index (χ0v) is 16.0. The highest BCUT2D eigenvalue weighted by Gasteiger charge is 2.26. The molecule has 5 rings (SSSR count). The van der Waals surface area contributed by atoms with Gasteiger partial charge in [-0.15, -0.1) is 0 Å². The van der Waals surface area contributed by atoms with Crippen molar-refractivity contribution in [3.63, 3.8) is 0 Å². The normalized spacial score (nSPS) is 18.9. The van der Waals surface area contributed by atoms with Gasteiger partial charge in [0.2, 0.25) is 0 Å². The van der Waals surface area contributed by atoms with E-state index in [1.54, 1.807) is 17.0 Å². The second-order valence-corrected chi connectivity index (χ2v) is 7.32. The van der Waals surface area contributed by atoms with Crippen molar-refractivity contribution in [2.24, 2.45) is 16.6 Å². The maximum absolute atomic E-state index is 12.9. The molecule has 0 amide bonds. The van der Waals surface area contributed by atoms with Crippen LogP contribution in [0.1, 0.15) is 24.1 Å². The Kier molecular flexibility index (Phi) is 4.41. The second kappa shape index (κ2) is 7.22. The number of rotatable bonds is 3. The van der Waals surface area contributed by atoms with Crippen LogP contribution in [0.25, 0.3) is 16.6 Å². The number of hydrogen-bond donors (Lipinski definition) is 1. The third-order valence-corrected chi connectivity index (χ3v) is 5.61. The number of allylic oxidation sites excluding steroid dienone is 4. The van der Waals surface area contributed by atoms with Gasteiger partial charge < -0.3 is 5.73 Å². The first-order valence-electron chi connectivity index (χ1n) is 9.84. The first-order valence-corrected chi connectivity index (χ1v) is 9.84. The van der Waals surface area contributed by atoms with E-state index in [9.17, 15) is 4.79 Å². The predicted octanol–water partition coefficient (Wildman–Crippen LogP) is 3.60. The maximum Gasteiger partial charge on any atom is 0.164 e. The predicted molar refractivity (Wildman–Crippen MR) is 114 cm³/mol. The molecular formula is C23H21N5O. The molecular weight excluding hydrogens is 362 g/mol. The van der Waals surface area contributed by atoms with Crippen LogP contribution in [-0.2, 0) is 17.9 Å². The SMILES string of the molecule is NCn1nc(C2=CCC(C3=Nc4ccccc4CC3)C(=O)C=C2)c2ncccc21. The van der Waals surface area contributed by atoms with E-state index in [1.807, 2.05) is 36.4 Å². The van der Waals surface area contributed by atoms with Gasteiger partial charge in [0.15, 0.2) is 5.78 Å². The first-order chi connectivity index (χ1) is 14.2. The van der Waals surface area contributed by atoms with E-state index in [0.29, 0.717) is 6.42 Å². The van der Waals surface area contributed by atoms with Gasteiger partial charge in [-0.2, -0.15) is 5.10 Å². The fraction of sp³-hybridized carbons (Fsp3) is 0.217. The van der Waals surface area contributed by atoms with Crippen molar-refractivity contribution in [2.45, 2.75) is 25.9 Å². The third kappa shape index (κ3) is 3.11. The molecule has 6 nitrogen and oxygen atoms in total. The Hall–Kier alpha value is -3.38. The Labute approximate surface area is 168 Å². The van der Waals surface area contributed by atoms with Crippen molar-refractivity contribution in [3.8, 4) is 0 Å². The van der Waals surface area contributed by atoms with Crippen LogP contribution >= 0.6 is 0 Å². The van der Waals surface area contributed by atoms with Crippen LogP contribution in [0.2, 0.25) is 0 Å². The zero-order chi connectivity index (χ0) is 19.8. The molecule has 0 saturated carbocycles. The number of ketones is 1. The van der Waals surface area contributed by atoms with Crippen molar-refractivity contribution in [1.29, 1.82) is 0 Å². The molecule has 1 aromatic carbocycles. The van der Waals surface area contributed by atoms with Gasteiger partial charge in [0.05, 0.1) is 23.8 Å². The van der Waals surface area contributed by atoms with Crippen molar-refractivity contribution in [1.82, 2.24) is 14.8 Å². The fourth-order valence-corrected chi connectivity index (χ4v) is 4.09. The maximum atomic E-state index is 12.9. The number of fused-ring (bicyclic) bond motifs is 2. The minimum Gasteiger partial charge on any atom is -0.312 e. The van der Waals surface area contributed by atoms with Crippen molar-refractivity contribution in [2.75, 3.05) is 0 Å². The molecule has 6 heteroatoms. The Balaban J connectivity index is 1.51. The van der Waals surface area contributed by atoms with Crippen LogP contribution in [0, 0.1) is 5.92 Å². The van der Waals surface area contributed by atoms with E-state index in [1.165, 1.54) is 5.56 Å². The van der Waals surface area contributed by atoms with E-state index in [4.69, 9.17) is 10.7 Å². The molecule has 144 valence electrons. The van der Waals surface area contributed by atoms with Gasteiger partial charge >= 0.3 is 0 Å². The number of para-hydroxylation sites is 1. The summed E-state index contributed by atoms with van der Waals surface area (Å²) in [6.07, 6.45) is 9.67. The molecule has 0 saturated heterocycles. The number of carbonyl (C=O) groups is 1. The summed E-state index contributed by atoms with van der Waals surface area (Å²) >= 11 is 0. The lowest BCUT2D eigenvalue weighted by atomic mass is 9.88. The van der Waals surface area contributed by atoms with Crippen LogP contribution < -0.4 is 5.73 Å². The Bertz CT molecular complexity index is 1200. The van der Waals surface area contributed by atoms with E-state index >= 15 is 0 Å².